The molecule has 1 unspecified atom stereocenters. The zero-order chi connectivity index (χ0) is 16.5. The largest absolute Gasteiger partial charge is 0.356 e. The molecular formula is C17H17N5O2. The van der Waals surface area contributed by atoms with Crippen molar-refractivity contribution in [3.8, 4) is 0 Å². The normalized spacial score (nSPS) is 18.0. The highest BCUT2D eigenvalue weighted by atomic mass is 16.6. The third kappa shape index (κ3) is 2.68. The number of aromatic amines is 1. The van der Waals surface area contributed by atoms with E-state index in [1.54, 1.807) is 18.3 Å². The number of benzene rings is 1. The van der Waals surface area contributed by atoms with Crippen LogP contribution < -0.4 is 4.90 Å². The number of non-ortho nitro benzene ring substituents is 1. The van der Waals surface area contributed by atoms with Gasteiger partial charge in [-0.1, -0.05) is 0 Å². The summed E-state index contributed by atoms with van der Waals surface area (Å²) < 4.78 is 0. The van der Waals surface area contributed by atoms with Gasteiger partial charge >= 0.3 is 0 Å². The molecule has 24 heavy (non-hydrogen) atoms. The third-order valence-electron chi connectivity index (χ3n) is 4.52. The molecule has 1 aliphatic rings. The number of hydrogen-bond acceptors (Lipinski definition) is 5. The molecule has 4 rings (SSSR count). The van der Waals surface area contributed by atoms with E-state index in [0.29, 0.717) is 5.92 Å². The fourth-order valence-electron chi connectivity index (χ4n) is 3.30. The quantitative estimate of drug-likeness (QED) is 0.590. The Morgan fingerprint density at radius 2 is 2.21 bits per heavy atom. The SMILES string of the molecule is O=[N+]([O-])c1ccc2nc(N3CCCC(c4ncc[nH]4)C3)ccc2c1. The summed E-state index contributed by atoms with van der Waals surface area (Å²) in [7, 11) is 0. The fourth-order valence-corrected chi connectivity index (χ4v) is 3.30. The first-order valence-electron chi connectivity index (χ1n) is 8.00. The second kappa shape index (κ2) is 5.92. The van der Waals surface area contributed by atoms with Crippen molar-refractivity contribution in [3.63, 3.8) is 0 Å². The molecule has 7 nitrogen and oxygen atoms in total. The molecule has 0 amide bonds. The average molecular weight is 323 g/mol. The van der Waals surface area contributed by atoms with Crippen molar-refractivity contribution in [1.29, 1.82) is 0 Å². The minimum atomic E-state index is -0.383. The molecule has 7 heteroatoms. The van der Waals surface area contributed by atoms with Gasteiger partial charge in [0.15, 0.2) is 0 Å². The number of imidazole rings is 1. The number of nitrogens with zero attached hydrogens (tertiary/aromatic N) is 4. The molecule has 122 valence electrons. The molecule has 3 heterocycles. The molecule has 0 saturated carbocycles. The molecule has 0 bridgehead atoms. The molecule has 1 aliphatic heterocycles. The summed E-state index contributed by atoms with van der Waals surface area (Å²) in [6.45, 7) is 1.84. The molecule has 0 radical (unpaired) electrons. The Balaban J connectivity index is 1.61. The second-order valence-electron chi connectivity index (χ2n) is 6.06. The maximum Gasteiger partial charge on any atom is 0.270 e. The summed E-state index contributed by atoms with van der Waals surface area (Å²) in [6.07, 6.45) is 5.85. The van der Waals surface area contributed by atoms with E-state index in [1.807, 2.05) is 18.3 Å². The highest BCUT2D eigenvalue weighted by Crippen LogP contribution is 2.29. The van der Waals surface area contributed by atoms with Crippen molar-refractivity contribution in [2.24, 2.45) is 0 Å². The average Bonchev–Trinajstić information content (AvgIpc) is 3.15. The number of rotatable bonds is 3. The van der Waals surface area contributed by atoms with Crippen molar-refractivity contribution in [2.45, 2.75) is 18.8 Å². The number of pyridine rings is 1. The highest BCUT2D eigenvalue weighted by molar-refractivity contribution is 5.82. The molecule has 0 spiro atoms. The lowest BCUT2D eigenvalue weighted by atomic mass is 9.97. The van der Waals surface area contributed by atoms with Crippen molar-refractivity contribution in [2.75, 3.05) is 18.0 Å². The van der Waals surface area contributed by atoms with E-state index in [1.165, 1.54) is 6.07 Å². The van der Waals surface area contributed by atoms with Gasteiger partial charge in [-0.05, 0) is 31.0 Å². The van der Waals surface area contributed by atoms with Crippen LogP contribution >= 0.6 is 0 Å². The van der Waals surface area contributed by atoms with E-state index in [9.17, 15) is 10.1 Å². The van der Waals surface area contributed by atoms with Crippen LogP contribution in [0.1, 0.15) is 24.6 Å². The number of fused-ring (bicyclic) bond motifs is 1. The van der Waals surface area contributed by atoms with Gasteiger partial charge in [-0.15, -0.1) is 0 Å². The van der Waals surface area contributed by atoms with Gasteiger partial charge in [0.2, 0.25) is 0 Å². The molecule has 1 saturated heterocycles. The number of nitrogens with one attached hydrogen (secondary N) is 1. The lowest BCUT2D eigenvalue weighted by Crippen LogP contribution is -2.35. The first-order chi connectivity index (χ1) is 11.7. The molecule has 1 atom stereocenters. The Kier molecular flexibility index (Phi) is 3.60. The van der Waals surface area contributed by atoms with Crippen LogP contribution in [0.3, 0.4) is 0 Å². The predicted octanol–water partition coefficient (Wildman–Crippen LogP) is 3.25. The van der Waals surface area contributed by atoms with E-state index < -0.39 is 0 Å². The van der Waals surface area contributed by atoms with Crippen LogP contribution in [0.4, 0.5) is 11.5 Å². The molecule has 3 aromatic rings. The molecular weight excluding hydrogens is 306 g/mol. The number of hydrogen-bond donors (Lipinski definition) is 1. The summed E-state index contributed by atoms with van der Waals surface area (Å²) in [5.41, 5.74) is 0.867. The van der Waals surface area contributed by atoms with Crippen LogP contribution in [-0.4, -0.2) is 33.0 Å². The van der Waals surface area contributed by atoms with Gasteiger partial charge in [-0.3, -0.25) is 10.1 Å². The minimum absolute atomic E-state index is 0.0907. The fraction of sp³-hybridized carbons (Fsp3) is 0.294. The van der Waals surface area contributed by atoms with E-state index in [4.69, 9.17) is 0 Å². The van der Waals surface area contributed by atoms with E-state index in [2.05, 4.69) is 19.9 Å². The van der Waals surface area contributed by atoms with E-state index >= 15 is 0 Å². The Hall–Kier alpha value is -2.96. The van der Waals surface area contributed by atoms with Crippen molar-refractivity contribution < 1.29 is 4.92 Å². The van der Waals surface area contributed by atoms with Gasteiger partial charge in [0.05, 0.1) is 10.4 Å². The molecule has 0 aliphatic carbocycles. The summed E-state index contributed by atoms with van der Waals surface area (Å²) in [5.74, 6) is 2.31. The Bertz CT molecular complexity index is 878. The topological polar surface area (TPSA) is 87.9 Å². The van der Waals surface area contributed by atoms with Gasteiger partial charge in [-0.2, -0.15) is 0 Å². The van der Waals surface area contributed by atoms with Crippen molar-refractivity contribution in [1.82, 2.24) is 15.0 Å². The zero-order valence-electron chi connectivity index (χ0n) is 13.1. The van der Waals surface area contributed by atoms with Gasteiger partial charge in [0.25, 0.3) is 5.69 Å². The third-order valence-corrected chi connectivity index (χ3v) is 4.52. The molecule has 1 aromatic carbocycles. The van der Waals surface area contributed by atoms with Gasteiger partial charge in [-0.25, -0.2) is 9.97 Å². The first kappa shape index (κ1) is 14.6. The predicted molar refractivity (Wildman–Crippen MR) is 91.2 cm³/mol. The maximum absolute atomic E-state index is 10.9. The second-order valence-corrected chi connectivity index (χ2v) is 6.06. The van der Waals surface area contributed by atoms with Crippen LogP contribution in [0, 0.1) is 10.1 Å². The van der Waals surface area contributed by atoms with Crippen LogP contribution in [0.15, 0.2) is 42.7 Å². The zero-order valence-corrected chi connectivity index (χ0v) is 13.1. The Morgan fingerprint density at radius 1 is 1.29 bits per heavy atom. The Labute approximate surface area is 138 Å². The van der Waals surface area contributed by atoms with Crippen molar-refractivity contribution >= 4 is 22.4 Å². The van der Waals surface area contributed by atoms with Gasteiger partial charge in [0.1, 0.15) is 11.6 Å². The van der Waals surface area contributed by atoms with E-state index in [0.717, 1.165) is 48.5 Å². The monoisotopic (exact) mass is 323 g/mol. The standard InChI is InChI=1S/C17H17N5O2/c23-22(24)14-4-5-15-12(10-14)3-6-16(20-15)21-9-1-2-13(11-21)17-18-7-8-19-17/h3-8,10,13H,1-2,9,11H2,(H,18,19). The Morgan fingerprint density at radius 3 is 3.00 bits per heavy atom. The number of nitro groups is 1. The summed E-state index contributed by atoms with van der Waals surface area (Å²) in [6, 6.07) is 8.62. The van der Waals surface area contributed by atoms with Crippen LogP contribution in [-0.2, 0) is 0 Å². The lowest BCUT2D eigenvalue weighted by Gasteiger charge is -2.32. The van der Waals surface area contributed by atoms with Crippen LogP contribution in [0.25, 0.3) is 10.9 Å². The number of nitro benzene ring substituents is 1. The van der Waals surface area contributed by atoms with Crippen molar-refractivity contribution in [3.05, 3.63) is 58.7 Å². The number of aromatic nitrogens is 3. The summed E-state index contributed by atoms with van der Waals surface area (Å²) in [5, 5.41) is 11.7. The first-order valence-corrected chi connectivity index (χ1v) is 8.00. The minimum Gasteiger partial charge on any atom is -0.356 e. The van der Waals surface area contributed by atoms with Gasteiger partial charge < -0.3 is 9.88 Å². The smallest absolute Gasteiger partial charge is 0.270 e. The summed E-state index contributed by atoms with van der Waals surface area (Å²) >= 11 is 0. The highest BCUT2D eigenvalue weighted by Gasteiger charge is 2.24. The number of piperidine rings is 1. The van der Waals surface area contributed by atoms with E-state index in [-0.39, 0.29) is 10.6 Å². The maximum atomic E-state index is 10.9. The molecule has 2 aromatic heterocycles. The number of H-pyrrole nitrogens is 1. The molecule has 1 fully saturated rings. The van der Waals surface area contributed by atoms with Crippen LogP contribution in [0.5, 0.6) is 0 Å². The number of anilines is 1. The van der Waals surface area contributed by atoms with Crippen LogP contribution in [0.2, 0.25) is 0 Å². The summed E-state index contributed by atoms with van der Waals surface area (Å²) in [4.78, 5) is 25.0. The molecule has 1 N–H and O–H groups in total. The van der Waals surface area contributed by atoms with Gasteiger partial charge in [0, 0.05) is 48.9 Å². The lowest BCUT2D eigenvalue weighted by molar-refractivity contribution is -0.384.